The van der Waals surface area contributed by atoms with Crippen molar-refractivity contribution in [1.29, 1.82) is 0 Å². The zero-order valence-corrected chi connectivity index (χ0v) is 18.8. The SMILES string of the molecule is CCNC(=NCc1ccccn1)NCCCCN1C(=O)c2ccccc2C1=O.I. The van der Waals surface area contributed by atoms with Crippen LogP contribution in [0.2, 0.25) is 0 Å². The highest BCUT2D eigenvalue weighted by Gasteiger charge is 2.34. The molecule has 8 heteroatoms. The highest BCUT2D eigenvalue weighted by atomic mass is 127. The Kier molecular flexibility index (Phi) is 9.04. The minimum Gasteiger partial charge on any atom is -0.357 e. The molecule has 0 radical (unpaired) electrons. The number of guanidine groups is 1. The number of halogens is 1. The van der Waals surface area contributed by atoms with Gasteiger partial charge in [0.1, 0.15) is 0 Å². The molecule has 1 aromatic heterocycles. The molecule has 1 aromatic carbocycles. The monoisotopic (exact) mass is 507 g/mol. The Morgan fingerprint density at radius 2 is 1.69 bits per heavy atom. The Morgan fingerprint density at radius 3 is 2.31 bits per heavy atom. The number of rotatable bonds is 8. The van der Waals surface area contributed by atoms with Crippen LogP contribution in [-0.2, 0) is 6.54 Å². The minimum absolute atomic E-state index is 0. The highest BCUT2D eigenvalue weighted by molar-refractivity contribution is 14.0. The summed E-state index contributed by atoms with van der Waals surface area (Å²) in [5, 5.41) is 6.48. The maximum Gasteiger partial charge on any atom is 0.261 e. The molecule has 2 N–H and O–H groups in total. The second kappa shape index (κ2) is 11.5. The van der Waals surface area contributed by atoms with Crippen molar-refractivity contribution in [2.24, 2.45) is 4.99 Å². The van der Waals surface area contributed by atoms with Crippen LogP contribution in [0.1, 0.15) is 46.2 Å². The number of carbonyl (C=O) groups is 2. The number of pyridine rings is 1. The van der Waals surface area contributed by atoms with Gasteiger partial charge in [0.15, 0.2) is 5.96 Å². The summed E-state index contributed by atoms with van der Waals surface area (Å²) in [5.74, 6) is 0.339. The molecule has 2 heterocycles. The van der Waals surface area contributed by atoms with Crippen LogP contribution in [0.5, 0.6) is 0 Å². The summed E-state index contributed by atoms with van der Waals surface area (Å²) in [7, 11) is 0. The number of aromatic nitrogens is 1. The van der Waals surface area contributed by atoms with Gasteiger partial charge in [0, 0.05) is 25.8 Å². The largest absolute Gasteiger partial charge is 0.357 e. The van der Waals surface area contributed by atoms with Crippen molar-refractivity contribution >= 4 is 41.8 Å². The van der Waals surface area contributed by atoms with Crippen molar-refractivity contribution in [2.45, 2.75) is 26.3 Å². The number of unbranched alkanes of at least 4 members (excludes halogenated alkanes) is 1. The van der Waals surface area contributed by atoms with Crippen LogP contribution in [0.15, 0.2) is 53.7 Å². The van der Waals surface area contributed by atoms with Crippen LogP contribution in [0, 0.1) is 0 Å². The van der Waals surface area contributed by atoms with Crippen molar-refractivity contribution in [3.05, 3.63) is 65.5 Å². The van der Waals surface area contributed by atoms with E-state index in [9.17, 15) is 9.59 Å². The Hall–Kier alpha value is -2.49. The number of benzene rings is 1. The predicted octanol–water partition coefficient (Wildman–Crippen LogP) is 2.83. The van der Waals surface area contributed by atoms with Gasteiger partial charge in [-0.1, -0.05) is 18.2 Å². The topological polar surface area (TPSA) is 86.7 Å². The summed E-state index contributed by atoms with van der Waals surface area (Å²) in [5.41, 5.74) is 1.91. The molecule has 0 atom stereocenters. The fourth-order valence-electron chi connectivity index (χ4n) is 3.04. The predicted molar refractivity (Wildman–Crippen MR) is 124 cm³/mol. The molecule has 0 fully saturated rings. The van der Waals surface area contributed by atoms with Crippen LogP contribution < -0.4 is 10.6 Å². The fourth-order valence-corrected chi connectivity index (χ4v) is 3.04. The zero-order chi connectivity index (χ0) is 19.8. The number of nitrogens with one attached hydrogen (secondary N) is 2. The second-order valence-corrected chi connectivity index (χ2v) is 6.46. The Balaban J connectivity index is 0.00000300. The molecule has 0 spiro atoms. The molecule has 3 rings (SSSR count). The summed E-state index contributed by atoms with van der Waals surface area (Å²) in [6, 6.07) is 12.7. The van der Waals surface area contributed by atoms with Crippen molar-refractivity contribution in [3.8, 4) is 0 Å². The molecule has 7 nitrogen and oxygen atoms in total. The van der Waals surface area contributed by atoms with Gasteiger partial charge in [-0.3, -0.25) is 19.5 Å². The summed E-state index contributed by atoms with van der Waals surface area (Å²) >= 11 is 0. The van der Waals surface area contributed by atoms with E-state index in [1.54, 1.807) is 30.5 Å². The van der Waals surface area contributed by atoms with Crippen LogP contribution >= 0.6 is 24.0 Å². The quantitative estimate of drug-likeness (QED) is 0.189. The number of nitrogens with zero attached hydrogens (tertiary/aromatic N) is 3. The smallest absolute Gasteiger partial charge is 0.261 e. The third kappa shape index (κ3) is 5.99. The maximum absolute atomic E-state index is 12.3. The maximum atomic E-state index is 12.3. The van der Waals surface area contributed by atoms with Gasteiger partial charge in [-0.2, -0.15) is 0 Å². The van der Waals surface area contributed by atoms with Crippen LogP contribution in [0.3, 0.4) is 0 Å². The Morgan fingerprint density at radius 1 is 1.00 bits per heavy atom. The van der Waals surface area contributed by atoms with E-state index < -0.39 is 0 Å². The second-order valence-electron chi connectivity index (χ2n) is 6.46. The lowest BCUT2D eigenvalue weighted by Crippen LogP contribution is -2.38. The molecule has 0 aliphatic carbocycles. The fraction of sp³-hybridized carbons (Fsp3) is 0.333. The molecule has 2 aromatic rings. The van der Waals surface area contributed by atoms with Crippen LogP contribution in [0.4, 0.5) is 0 Å². The Labute approximate surface area is 188 Å². The first-order chi connectivity index (χ1) is 13.7. The number of imide groups is 1. The van der Waals surface area contributed by atoms with Crippen molar-refractivity contribution in [3.63, 3.8) is 0 Å². The molecule has 2 amide bonds. The van der Waals surface area contributed by atoms with E-state index in [-0.39, 0.29) is 35.8 Å². The lowest BCUT2D eigenvalue weighted by Gasteiger charge is -2.14. The average molecular weight is 507 g/mol. The molecule has 1 aliphatic rings. The van der Waals surface area contributed by atoms with Gasteiger partial charge in [0.25, 0.3) is 11.8 Å². The lowest BCUT2D eigenvalue weighted by atomic mass is 10.1. The molecule has 154 valence electrons. The average Bonchev–Trinajstić information content (AvgIpc) is 2.97. The first kappa shape index (κ1) is 22.8. The summed E-state index contributed by atoms with van der Waals surface area (Å²) in [4.78, 5) is 34.8. The van der Waals surface area contributed by atoms with Crippen LogP contribution in [0.25, 0.3) is 0 Å². The molecule has 0 unspecified atom stereocenters. The first-order valence-corrected chi connectivity index (χ1v) is 9.58. The molecule has 0 saturated heterocycles. The van der Waals surface area contributed by atoms with E-state index in [0.29, 0.717) is 30.8 Å². The van der Waals surface area contributed by atoms with E-state index >= 15 is 0 Å². The Bertz CT molecular complexity index is 822. The van der Waals surface area contributed by atoms with Crippen molar-refractivity contribution in [1.82, 2.24) is 20.5 Å². The van der Waals surface area contributed by atoms with Gasteiger partial charge < -0.3 is 10.6 Å². The summed E-state index contributed by atoms with van der Waals surface area (Å²) < 4.78 is 0. The molecule has 29 heavy (non-hydrogen) atoms. The lowest BCUT2D eigenvalue weighted by molar-refractivity contribution is 0.0652. The van der Waals surface area contributed by atoms with Gasteiger partial charge >= 0.3 is 0 Å². The van der Waals surface area contributed by atoms with Gasteiger partial charge in [-0.25, -0.2) is 4.99 Å². The zero-order valence-electron chi connectivity index (χ0n) is 16.4. The number of hydrogen-bond acceptors (Lipinski definition) is 4. The van der Waals surface area contributed by atoms with Crippen molar-refractivity contribution < 1.29 is 9.59 Å². The summed E-state index contributed by atoms with van der Waals surface area (Å²) in [6.45, 7) is 4.42. The third-order valence-electron chi connectivity index (χ3n) is 4.45. The van der Waals surface area contributed by atoms with Crippen molar-refractivity contribution in [2.75, 3.05) is 19.6 Å². The number of hydrogen-bond donors (Lipinski definition) is 2. The standard InChI is InChI=1S/C21H25N5O2.HI/c1-2-22-21(25-15-16-9-5-6-12-23-16)24-13-7-8-14-26-19(27)17-10-3-4-11-18(17)20(26)28;/h3-6,9-12H,2,7-8,13-15H2,1H3,(H2,22,24,25);1H. The number of aliphatic imine (C=N–C) groups is 1. The van der Waals surface area contributed by atoms with E-state index in [4.69, 9.17) is 0 Å². The van der Waals surface area contributed by atoms with Gasteiger partial charge in [0.05, 0.1) is 23.4 Å². The van der Waals surface area contributed by atoms with Gasteiger partial charge in [0.2, 0.25) is 0 Å². The molecule has 0 saturated carbocycles. The summed E-state index contributed by atoms with van der Waals surface area (Å²) in [6.07, 6.45) is 3.31. The van der Waals surface area contributed by atoms with Gasteiger partial charge in [-0.15, -0.1) is 24.0 Å². The first-order valence-electron chi connectivity index (χ1n) is 9.58. The van der Waals surface area contributed by atoms with E-state index in [1.807, 2.05) is 25.1 Å². The normalized spacial score (nSPS) is 13.1. The highest BCUT2D eigenvalue weighted by Crippen LogP contribution is 2.22. The molecule has 1 aliphatic heterocycles. The minimum atomic E-state index is -0.196. The molecular formula is C21H26IN5O2. The number of carbonyl (C=O) groups excluding carboxylic acids is 2. The van der Waals surface area contributed by atoms with Crippen LogP contribution in [-0.4, -0.2) is 47.3 Å². The van der Waals surface area contributed by atoms with E-state index in [1.165, 1.54) is 4.90 Å². The molecular weight excluding hydrogens is 481 g/mol. The molecule has 0 bridgehead atoms. The van der Waals surface area contributed by atoms with Gasteiger partial charge in [-0.05, 0) is 44.0 Å². The van der Waals surface area contributed by atoms with E-state index in [2.05, 4.69) is 20.6 Å². The number of amides is 2. The third-order valence-corrected chi connectivity index (χ3v) is 4.45. The van der Waals surface area contributed by atoms with E-state index in [0.717, 1.165) is 31.0 Å². The number of fused-ring (bicyclic) bond motifs is 1.